The van der Waals surface area contributed by atoms with E-state index in [4.69, 9.17) is 0 Å². The van der Waals surface area contributed by atoms with E-state index in [0.717, 1.165) is 12.3 Å². The van der Waals surface area contributed by atoms with Gasteiger partial charge in [0.1, 0.15) is 0 Å². The summed E-state index contributed by atoms with van der Waals surface area (Å²) in [5.41, 5.74) is -2.12. The summed E-state index contributed by atoms with van der Waals surface area (Å²) in [6.45, 7) is 0. The summed E-state index contributed by atoms with van der Waals surface area (Å²) < 4.78 is 66.0. The Kier molecular flexibility index (Phi) is 3.28. The van der Waals surface area contributed by atoms with Crippen molar-refractivity contribution in [2.24, 2.45) is 0 Å². The Hall–Kier alpha value is -2.31. The highest BCUT2D eigenvalue weighted by molar-refractivity contribution is 5.85. The molecular weight excluding hydrogens is 269 g/mol. The first kappa shape index (κ1) is 13.1. The minimum atomic E-state index is -2.26. The van der Waals surface area contributed by atoms with Gasteiger partial charge in [-0.3, -0.25) is 9.78 Å². The summed E-state index contributed by atoms with van der Waals surface area (Å²) in [7, 11) is 0. The predicted molar refractivity (Wildman–Crippen MR) is 54.9 cm³/mol. The molecule has 98 valence electrons. The van der Waals surface area contributed by atoms with Gasteiger partial charge in [-0.15, -0.1) is 0 Å². The van der Waals surface area contributed by atoms with Gasteiger partial charge in [-0.05, 0) is 12.1 Å². The van der Waals surface area contributed by atoms with Gasteiger partial charge < -0.3 is 0 Å². The van der Waals surface area contributed by atoms with E-state index in [1.165, 1.54) is 6.07 Å². The van der Waals surface area contributed by atoms with Crippen molar-refractivity contribution in [1.82, 2.24) is 4.98 Å². The molecule has 0 saturated carbocycles. The zero-order valence-electron chi connectivity index (χ0n) is 9.05. The Bertz CT molecular complexity index is 642. The second-order valence-electron chi connectivity index (χ2n) is 3.50. The normalized spacial score (nSPS) is 10.6. The van der Waals surface area contributed by atoms with Crippen LogP contribution in [0, 0.1) is 29.1 Å². The zero-order valence-corrected chi connectivity index (χ0v) is 9.05. The standard InChI is InChI=1S/C12H4F5NO/c13-7-6(8(14)10(16)11(17)9(7)15)12-5(4-19)2-1-3-18-12/h1-4H. The summed E-state index contributed by atoms with van der Waals surface area (Å²) in [6, 6.07) is 2.44. The maximum absolute atomic E-state index is 13.5. The number of halogens is 5. The summed E-state index contributed by atoms with van der Waals surface area (Å²) in [6.07, 6.45) is 1.28. The van der Waals surface area contributed by atoms with Gasteiger partial charge in [0, 0.05) is 11.8 Å². The number of pyridine rings is 1. The summed E-state index contributed by atoms with van der Waals surface area (Å²) in [5.74, 6) is -10.5. The van der Waals surface area contributed by atoms with Gasteiger partial charge in [-0.2, -0.15) is 0 Å². The van der Waals surface area contributed by atoms with Crippen LogP contribution in [-0.2, 0) is 0 Å². The fourth-order valence-corrected chi connectivity index (χ4v) is 1.53. The molecule has 1 heterocycles. The van der Waals surface area contributed by atoms with Crippen molar-refractivity contribution in [1.29, 1.82) is 0 Å². The van der Waals surface area contributed by atoms with E-state index in [0.29, 0.717) is 0 Å². The smallest absolute Gasteiger partial charge is 0.200 e. The molecule has 0 spiro atoms. The summed E-state index contributed by atoms with van der Waals surface area (Å²) >= 11 is 0. The second kappa shape index (κ2) is 4.75. The van der Waals surface area contributed by atoms with Gasteiger partial charge in [-0.25, -0.2) is 22.0 Å². The minimum absolute atomic E-state index is 0.209. The molecule has 2 rings (SSSR count). The molecule has 2 nitrogen and oxygen atoms in total. The number of benzene rings is 1. The van der Waals surface area contributed by atoms with Crippen molar-refractivity contribution < 1.29 is 26.7 Å². The molecule has 0 aliphatic rings. The first-order chi connectivity index (χ1) is 8.99. The molecule has 0 saturated heterocycles. The molecule has 0 aliphatic carbocycles. The summed E-state index contributed by atoms with van der Waals surface area (Å²) in [5, 5.41) is 0. The van der Waals surface area contributed by atoms with Crippen LogP contribution in [0.25, 0.3) is 11.3 Å². The Balaban J connectivity index is 2.87. The number of hydrogen-bond donors (Lipinski definition) is 0. The average Bonchev–Trinajstić information content (AvgIpc) is 2.44. The number of aldehydes is 1. The van der Waals surface area contributed by atoms with Crippen LogP contribution < -0.4 is 0 Å². The van der Waals surface area contributed by atoms with Crippen LogP contribution in [0.2, 0.25) is 0 Å². The lowest BCUT2D eigenvalue weighted by Crippen LogP contribution is -2.06. The van der Waals surface area contributed by atoms with Gasteiger partial charge in [0.15, 0.2) is 29.6 Å². The monoisotopic (exact) mass is 273 g/mol. The van der Waals surface area contributed by atoms with E-state index in [9.17, 15) is 26.7 Å². The first-order valence-electron chi connectivity index (χ1n) is 4.91. The second-order valence-corrected chi connectivity index (χ2v) is 3.50. The number of rotatable bonds is 2. The van der Waals surface area contributed by atoms with Crippen LogP contribution in [0.5, 0.6) is 0 Å². The van der Waals surface area contributed by atoms with Crippen molar-refractivity contribution in [3.05, 3.63) is 53.0 Å². The van der Waals surface area contributed by atoms with Gasteiger partial charge in [0.2, 0.25) is 5.82 Å². The van der Waals surface area contributed by atoms with Crippen molar-refractivity contribution in [2.45, 2.75) is 0 Å². The van der Waals surface area contributed by atoms with Crippen molar-refractivity contribution >= 4 is 6.29 Å². The molecule has 0 radical (unpaired) electrons. The number of carbonyl (C=O) groups excluding carboxylic acids is 1. The average molecular weight is 273 g/mol. The lowest BCUT2D eigenvalue weighted by atomic mass is 10.0. The quantitative estimate of drug-likeness (QED) is 0.364. The molecule has 7 heteroatoms. The highest BCUT2D eigenvalue weighted by atomic mass is 19.2. The molecule has 1 aromatic carbocycles. The minimum Gasteiger partial charge on any atom is -0.298 e. The topological polar surface area (TPSA) is 30.0 Å². The Morgan fingerprint density at radius 1 is 0.895 bits per heavy atom. The molecule has 0 atom stereocenters. The Morgan fingerprint density at radius 2 is 1.42 bits per heavy atom. The molecule has 0 N–H and O–H groups in total. The number of carbonyl (C=O) groups is 1. The van der Waals surface area contributed by atoms with Crippen LogP contribution in [0.1, 0.15) is 10.4 Å². The maximum atomic E-state index is 13.5. The first-order valence-corrected chi connectivity index (χ1v) is 4.91. The van der Waals surface area contributed by atoms with E-state index in [1.54, 1.807) is 0 Å². The molecule has 0 bridgehead atoms. The maximum Gasteiger partial charge on any atom is 0.200 e. The van der Waals surface area contributed by atoms with E-state index in [-0.39, 0.29) is 11.8 Å². The third-order valence-electron chi connectivity index (χ3n) is 2.41. The Morgan fingerprint density at radius 3 is 1.95 bits per heavy atom. The third-order valence-corrected chi connectivity index (χ3v) is 2.41. The van der Waals surface area contributed by atoms with E-state index in [2.05, 4.69) is 4.98 Å². The lowest BCUT2D eigenvalue weighted by molar-refractivity contribution is 0.112. The van der Waals surface area contributed by atoms with Gasteiger partial charge >= 0.3 is 0 Å². The third kappa shape index (κ3) is 1.96. The van der Waals surface area contributed by atoms with E-state index >= 15 is 0 Å². The largest absolute Gasteiger partial charge is 0.298 e. The fourth-order valence-electron chi connectivity index (χ4n) is 1.53. The molecule has 0 amide bonds. The highest BCUT2D eigenvalue weighted by Gasteiger charge is 2.28. The van der Waals surface area contributed by atoms with Crippen molar-refractivity contribution in [3.8, 4) is 11.3 Å². The molecule has 0 unspecified atom stereocenters. The molecule has 0 aliphatic heterocycles. The summed E-state index contributed by atoms with van der Waals surface area (Å²) in [4.78, 5) is 14.2. The zero-order chi connectivity index (χ0) is 14.2. The number of nitrogens with zero attached hydrogens (tertiary/aromatic N) is 1. The van der Waals surface area contributed by atoms with E-state index < -0.39 is 40.3 Å². The number of hydrogen-bond acceptors (Lipinski definition) is 2. The molecular formula is C12H4F5NO. The molecule has 1 aromatic heterocycles. The van der Waals surface area contributed by atoms with Crippen molar-refractivity contribution in [2.75, 3.05) is 0 Å². The van der Waals surface area contributed by atoms with Gasteiger partial charge in [0.25, 0.3) is 0 Å². The Labute approximate surface area is 103 Å². The van der Waals surface area contributed by atoms with Crippen LogP contribution in [0.15, 0.2) is 18.3 Å². The van der Waals surface area contributed by atoms with Crippen LogP contribution in [0.4, 0.5) is 22.0 Å². The SMILES string of the molecule is O=Cc1cccnc1-c1c(F)c(F)c(F)c(F)c1F. The molecule has 19 heavy (non-hydrogen) atoms. The van der Waals surface area contributed by atoms with E-state index in [1.807, 2.05) is 0 Å². The predicted octanol–water partition coefficient (Wildman–Crippen LogP) is 3.26. The van der Waals surface area contributed by atoms with Crippen LogP contribution in [0.3, 0.4) is 0 Å². The van der Waals surface area contributed by atoms with Crippen molar-refractivity contribution in [3.63, 3.8) is 0 Å². The fraction of sp³-hybridized carbons (Fsp3) is 0. The highest BCUT2D eigenvalue weighted by Crippen LogP contribution is 2.31. The molecule has 0 fully saturated rings. The van der Waals surface area contributed by atoms with Gasteiger partial charge in [0.05, 0.1) is 11.3 Å². The lowest BCUT2D eigenvalue weighted by Gasteiger charge is -2.08. The number of aromatic nitrogens is 1. The van der Waals surface area contributed by atoms with Crippen LogP contribution >= 0.6 is 0 Å². The molecule has 2 aromatic rings. The van der Waals surface area contributed by atoms with Crippen LogP contribution in [-0.4, -0.2) is 11.3 Å². The van der Waals surface area contributed by atoms with Gasteiger partial charge in [-0.1, -0.05) is 0 Å².